The summed E-state index contributed by atoms with van der Waals surface area (Å²) in [5, 5.41) is 9.99. The van der Waals surface area contributed by atoms with E-state index in [1.807, 2.05) is 16.6 Å². The van der Waals surface area contributed by atoms with Gasteiger partial charge in [-0.1, -0.05) is 30.3 Å². The molecule has 4 aromatic rings. The summed E-state index contributed by atoms with van der Waals surface area (Å²) >= 11 is 5.28. The number of halogens is 1. The van der Waals surface area contributed by atoms with Crippen molar-refractivity contribution in [1.29, 1.82) is 0 Å². The van der Waals surface area contributed by atoms with Crippen molar-refractivity contribution >= 4 is 38.7 Å². The Labute approximate surface area is 152 Å². The van der Waals surface area contributed by atoms with Gasteiger partial charge in [0.2, 0.25) is 0 Å². The zero-order valence-electron chi connectivity index (χ0n) is 13.0. The molecule has 0 spiro atoms. The molecule has 24 heavy (non-hydrogen) atoms. The molecule has 4 rings (SSSR count). The van der Waals surface area contributed by atoms with Crippen LogP contribution in [0.2, 0.25) is 0 Å². The van der Waals surface area contributed by atoms with E-state index in [0.717, 1.165) is 33.7 Å². The molecular weight excluding hydrogens is 384 g/mol. The van der Waals surface area contributed by atoms with Crippen LogP contribution in [0.25, 0.3) is 16.9 Å². The third-order valence-electron chi connectivity index (χ3n) is 3.87. The van der Waals surface area contributed by atoms with Gasteiger partial charge >= 0.3 is 0 Å². The van der Waals surface area contributed by atoms with Gasteiger partial charge in [0.15, 0.2) is 5.65 Å². The first-order chi connectivity index (χ1) is 11.7. The Morgan fingerprint density at radius 2 is 2.08 bits per heavy atom. The summed E-state index contributed by atoms with van der Waals surface area (Å²) in [4.78, 5) is 6.07. The highest BCUT2D eigenvalue weighted by molar-refractivity contribution is 9.10. The molecule has 4 nitrogen and oxygen atoms in total. The minimum atomic E-state index is 0.765. The highest BCUT2D eigenvalue weighted by atomic mass is 79.9. The lowest BCUT2D eigenvalue weighted by atomic mass is 10.1. The summed E-state index contributed by atoms with van der Waals surface area (Å²) < 4.78 is 2.72. The minimum Gasteiger partial charge on any atom is -0.365 e. The quantitative estimate of drug-likeness (QED) is 0.517. The molecule has 0 amide bonds. The number of rotatable bonds is 4. The average Bonchev–Trinajstić information content (AvgIpc) is 3.23. The van der Waals surface area contributed by atoms with Gasteiger partial charge in [0.05, 0.1) is 22.9 Å². The first-order valence-corrected chi connectivity index (χ1v) is 9.26. The number of hydrogen-bond acceptors (Lipinski definition) is 4. The largest absolute Gasteiger partial charge is 0.365 e. The Kier molecular flexibility index (Phi) is 4.08. The van der Waals surface area contributed by atoms with Gasteiger partial charge < -0.3 is 5.32 Å². The molecule has 3 aromatic heterocycles. The topological polar surface area (TPSA) is 42.2 Å². The van der Waals surface area contributed by atoms with Crippen molar-refractivity contribution in [3.63, 3.8) is 0 Å². The van der Waals surface area contributed by atoms with Crippen LogP contribution in [0.1, 0.15) is 10.4 Å². The van der Waals surface area contributed by atoms with Crippen LogP contribution < -0.4 is 5.32 Å². The molecule has 1 N–H and O–H groups in total. The summed E-state index contributed by atoms with van der Waals surface area (Å²) in [5.41, 5.74) is 4.08. The monoisotopic (exact) mass is 398 g/mol. The van der Waals surface area contributed by atoms with Gasteiger partial charge in [-0.15, -0.1) is 11.3 Å². The van der Waals surface area contributed by atoms with Crippen molar-refractivity contribution in [2.45, 2.75) is 13.5 Å². The van der Waals surface area contributed by atoms with Crippen molar-refractivity contribution in [3.8, 4) is 11.3 Å². The predicted octanol–water partition coefficient (Wildman–Crippen LogP) is 5.14. The van der Waals surface area contributed by atoms with Crippen LogP contribution in [0.15, 0.2) is 58.5 Å². The minimum absolute atomic E-state index is 0.765. The number of benzene rings is 1. The van der Waals surface area contributed by atoms with E-state index in [1.54, 1.807) is 17.5 Å². The summed E-state index contributed by atoms with van der Waals surface area (Å²) in [6.45, 7) is 2.87. The van der Waals surface area contributed by atoms with Crippen molar-refractivity contribution in [1.82, 2.24) is 14.6 Å². The zero-order chi connectivity index (χ0) is 16.5. The Hall–Kier alpha value is -2.18. The zero-order valence-corrected chi connectivity index (χ0v) is 15.4. The summed E-state index contributed by atoms with van der Waals surface area (Å²) in [6.07, 6.45) is 1.78. The molecule has 0 aliphatic heterocycles. The molecule has 0 aliphatic rings. The fourth-order valence-electron chi connectivity index (χ4n) is 2.65. The molecule has 0 aliphatic carbocycles. The number of aromatic nitrogens is 3. The molecule has 0 fully saturated rings. The van der Waals surface area contributed by atoms with Gasteiger partial charge in [0.1, 0.15) is 5.82 Å². The second-order valence-electron chi connectivity index (χ2n) is 5.50. The van der Waals surface area contributed by atoms with Gasteiger partial charge in [-0.25, -0.2) is 4.98 Å². The smallest absolute Gasteiger partial charge is 0.172 e. The molecular formula is C18H15BrN4S. The van der Waals surface area contributed by atoms with Crippen LogP contribution in [-0.4, -0.2) is 14.6 Å². The van der Waals surface area contributed by atoms with Crippen LogP contribution >= 0.6 is 27.3 Å². The number of fused-ring (bicyclic) bond motifs is 1. The second-order valence-corrected chi connectivity index (χ2v) is 7.39. The van der Waals surface area contributed by atoms with Crippen molar-refractivity contribution in [2.24, 2.45) is 0 Å². The van der Waals surface area contributed by atoms with E-state index in [2.05, 4.69) is 69.0 Å². The maximum absolute atomic E-state index is 4.79. The molecule has 0 unspecified atom stereocenters. The van der Waals surface area contributed by atoms with E-state index in [9.17, 15) is 0 Å². The van der Waals surface area contributed by atoms with Crippen LogP contribution in [0.4, 0.5) is 5.82 Å². The SMILES string of the molecule is Cc1ccccc1-c1cc(NCc2cccs2)n2ncc(Br)c2n1. The van der Waals surface area contributed by atoms with Gasteiger partial charge in [0, 0.05) is 16.5 Å². The van der Waals surface area contributed by atoms with E-state index in [1.165, 1.54) is 10.4 Å². The van der Waals surface area contributed by atoms with E-state index in [-0.39, 0.29) is 0 Å². The maximum Gasteiger partial charge on any atom is 0.172 e. The lowest BCUT2D eigenvalue weighted by Crippen LogP contribution is -2.06. The average molecular weight is 399 g/mol. The number of nitrogens with zero attached hydrogens (tertiary/aromatic N) is 3. The van der Waals surface area contributed by atoms with Crippen molar-refractivity contribution < 1.29 is 0 Å². The normalized spacial score (nSPS) is 11.1. The van der Waals surface area contributed by atoms with Crippen LogP contribution in [0.3, 0.4) is 0 Å². The Bertz CT molecular complexity index is 992. The Morgan fingerprint density at radius 1 is 1.21 bits per heavy atom. The molecule has 6 heteroatoms. The lowest BCUT2D eigenvalue weighted by Gasteiger charge is -2.11. The van der Waals surface area contributed by atoms with E-state index < -0.39 is 0 Å². The number of aryl methyl sites for hydroxylation is 1. The standard InChI is InChI=1S/C18H15BrN4S/c1-12-5-2-3-7-14(12)16-9-17(20-10-13-6-4-8-24-13)23-18(22-16)15(19)11-21-23/h2-9,11,20H,10H2,1H3. The number of thiophene rings is 1. The van der Waals surface area contributed by atoms with E-state index >= 15 is 0 Å². The second kappa shape index (κ2) is 6.37. The van der Waals surface area contributed by atoms with E-state index in [0.29, 0.717) is 0 Å². The lowest BCUT2D eigenvalue weighted by molar-refractivity contribution is 0.929. The first kappa shape index (κ1) is 15.4. The molecule has 0 atom stereocenters. The first-order valence-electron chi connectivity index (χ1n) is 7.59. The number of anilines is 1. The molecule has 0 bridgehead atoms. The summed E-state index contributed by atoms with van der Waals surface area (Å²) in [5.74, 6) is 0.928. The highest BCUT2D eigenvalue weighted by Crippen LogP contribution is 2.28. The van der Waals surface area contributed by atoms with Crippen LogP contribution in [0, 0.1) is 6.92 Å². The third-order valence-corrected chi connectivity index (χ3v) is 5.31. The summed E-state index contributed by atoms with van der Waals surface area (Å²) in [7, 11) is 0. The maximum atomic E-state index is 4.79. The fourth-order valence-corrected chi connectivity index (χ4v) is 3.64. The van der Waals surface area contributed by atoms with Gasteiger partial charge in [0.25, 0.3) is 0 Å². The fraction of sp³-hybridized carbons (Fsp3) is 0.111. The van der Waals surface area contributed by atoms with Crippen molar-refractivity contribution in [2.75, 3.05) is 5.32 Å². The third kappa shape index (κ3) is 2.83. The van der Waals surface area contributed by atoms with Crippen LogP contribution in [0.5, 0.6) is 0 Å². The molecule has 1 aromatic carbocycles. The van der Waals surface area contributed by atoms with Gasteiger partial charge in [-0.2, -0.15) is 9.61 Å². The highest BCUT2D eigenvalue weighted by Gasteiger charge is 2.12. The Morgan fingerprint density at radius 3 is 2.88 bits per heavy atom. The van der Waals surface area contributed by atoms with Crippen molar-refractivity contribution in [3.05, 3.63) is 69.0 Å². The predicted molar refractivity (Wildman–Crippen MR) is 103 cm³/mol. The summed E-state index contributed by atoms with van der Waals surface area (Å²) in [6, 6.07) is 14.5. The van der Waals surface area contributed by atoms with Gasteiger partial charge in [-0.3, -0.25) is 0 Å². The molecule has 0 saturated heterocycles. The molecule has 0 saturated carbocycles. The number of hydrogen-bond donors (Lipinski definition) is 1. The van der Waals surface area contributed by atoms with E-state index in [4.69, 9.17) is 4.98 Å². The van der Waals surface area contributed by atoms with Crippen LogP contribution in [-0.2, 0) is 6.54 Å². The molecule has 3 heterocycles. The molecule has 0 radical (unpaired) electrons. The Balaban J connectivity index is 1.81. The van der Waals surface area contributed by atoms with Gasteiger partial charge in [-0.05, 0) is 39.9 Å². The number of nitrogens with one attached hydrogen (secondary N) is 1. The molecule has 120 valence electrons.